The number of benzene rings is 2. The molecular weight excluding hydrogens is 716 g/mol. The van der Waals surface area contributed by atoms with Gasteiger partial charge in [0.1, 0.15) is 5.60 Å². The van der Waals surface area contributed by atoms with E-state index in [0.717, 1.165) is 4.90 Å². The highest BCUT2D eigenvalue weighted by Gasteiger charge is 2.72. The highest BCUT2D eigenvalue weighted by atomic mass is 32.2. The molecule has 0 radical (unpaired) electrons. The van der Waals surface area contributed by atoms with Crippen LogP contribution < -0.4 is 14.9 Å². The van der Waals surface area contributed by atoms with Crippen LogP contribution in [0.2, 0.25) is 0 Å². The second-order valence-electron chi connectivity index (χ2n) is 14.2. The summed E-state index contributed by atoms with van der Waals surface area (Å²) in [5.74, 6) is -6.64. The molecule has 0 bridgehead atoms. The smallest absolute Gasteiger partial charge is 0.407 e. The molecule has 3 aliphatic rings. The molecule has 1 saturated carbocycles. The van der Waals surface area contributed by atoms with Gasteiger partial charge in [-0.05, 0) is 58.0 Å². The second-order valence-corrected chi connectivity index (χ2v) is 15.1. The van der Waals surface area contributed by atoms with Crippen LogP contribution in [0.25, 0.3) is 0 Å². The zero-order valence-corrected chi connectivity index (χ0v) is 29.7. The Morgan fingerprint density at radius 3 is 2.25 bits per heavy atom. The Balaban J connectivity index is 1.45. The molecule has 2 aromatic rings. The van der Waals surface area contributed by atoms with Gasteiger partial charge in [-0.1, -0.05) is 48.5 Å². The Kier molecular flexibility index (Phi) is 10.7. The Bertz CT molecular complexity index is 1720. The third-order valence-corrected chi connectivity index (χ3v) is 10.1. The minimum atomic E-state index is -4.79. The Morgan fingerprint density at radius 2 is 1.63 bits per heavy atom. The maximum absolute atomic E-state index is 14.6. The highest BCUT2D eigenvalue weighted by Crippen LogP contribution is 2.60. The first-order valence-electron chi connectivity index (χ1n) is 16.6. The Morgan fingerprint density at radius 1 is 1.00 bits per heavy atom. The van der Waals surface area contributed by atoms with E-state index in [4.69, 9.17) is 9.73 Å². The molecule has 1 unspecified atom stereocenters. The van der Waals surface area contributed by atoms with Crippen molar-refractivity contribution in [1.82, 2.24) is 14.9 Å². The van der Waals surface area contributed by atoms with Crippen LogP contribution in [0.3, 0.4) is 0 Å². The zero-order chi connectivity index (χ0) is 38.3. The van der Waals surface area contributed by atoms with Crippen LogP contribution in [0, 0.1) is 17.3 Å². The first kappa shape index (κ1) is 38.9. The van der Waals surface area contributed by atoms with Crippen molar-refractivity contribution in [2.24, 2.45) is 22.2 Å². The molecule has 2 aromatic carbocycles. The van der Waals surface area contributed by atoms with E-state index in [1.807, 2.05) is 0 Å². The predicted octanol–water partition coefficient (Wildman–Crippen LogP) is 6.25. The number of alkyl carbamates (subject to hydrolysis) is 1. The summed E-state index contributed by atoms with van der Waals surface area (Å²) in [6, 6.07) is 15.6. The van der Waals surface area contributed by atoms with Gasteiger partial charge in [0.2, 0.25) is 17.5 Å². The van der Waals surface area contributed by atoms with E-state index in [-0.39, 0.29) is 18.8 Å². The van der Waals surface area contributed by atoms with E-state index in [9.17, 15) is 45.5 Å². The monoisotopic (exact) mass is 755 g/mol. The average Bonchev–Trinajstić information content (AvgIpc) is 3.78. The molecule has 17 heteroatoms. The summed E-state index contributed by atoms with van der Waals surface area (Å²) < 4.78 is 90.3. The van der Waals surface area contributed by atoms with Gasteiger partial charge in [-0.3, -0.25) is 19.1 Å². The number of anilines is 1. The lowest BCUT2D eigenvalue weighted by atomic mass is 9.54. The quantitative estimate of drug-likeness (QED) is 0.128. The number of alkyl halides is 6. The van der Waals surface area contributed by atoms with Crippen LogP contribution in [0.4, 0.5) is 36.8 Å². The van der Waals surface area contributed by atoms with Gasteiger partial charge in [-0.25, -0.2) is 9.79 Å². The molecule has 2 aliphatic heterocycles. The van der Waals surface area contributed by atoms with E-state index in [1.54, 1.807) is 75.4 Å². The lowest BCUT2D eigenvalue weighted by Crippen LogP contribution is -2.59. The number of amides is 4. The van der Waals surface area contributed by atoms with Crippen molar-refractivity contribution in [2.45, 2.75) is 70.1 Å². The first-order valence-corrected chi connectivity index (χ1v) is 17.5. The number of nitrogens with zero attached hydrogens (tertiary/aromatic N) is 3. The van der Waals surface area contributed by atoms with Crippen molar-refractivity contribution in [1.29, 1.82) is 0 Å². The van der Waals surface area contributed by atoms with Gasteiger partial charge in [-0.2, -0.15) is 26.3 Å². The van der Waals surface area contributed by atoms with Crippen LogP contribution >= 0.6 is 11.9 Å². The number of para-hydroxylation sites is 1. The first-order chi connectivity index (χ1) is 24.2. The molecule has 2 N–H and O–H groups in total. The number of carbonyl (C=O) groups is 4. The summed E-state index contributed by atoms with van der Waals surface area (Å²) in [6.07, 6.45) is -14.7. The highest BCUT2D eigenvalue weighted by molar-refractivity contribution is 7.97. The van der Waals surface area contributed by atoms with E-state index in [1.165, 1.54) is 11.9 Å². The molecule has 5 rings (SSSR count). The van der Waals surface area contributed by atoms with Gasteiger partial charge in [0.25, 0.3) is 5.91 Å². The van der Waals surface area contributed by atoms with E-state index in [2.05, 4.69) is 10.0 Å². The topological polar surface area (TPSA) is 120 Å². The van der Waals surface area contributed by atoms with Crippen LogP contribution in [-0.4, -0.2) is 83.9 Å². The van der Waals surface area contributed by atoms with E-state index >= 15 is 0 Å². The molecule has 1 aliphatic carbocycles. The fourth-order valence-electron chi connectivity index (χ4n) is 6.76. The number of carbonyl (C=O) groups excluding carboxylic acids is 4. The Hall–Kier alpha value is -4.28. The van der Waals surface area contributed by atoms with Crippen LogP contribution in [-0.2, 0) is 19.1 Å². The van der Waals surface area contributed by atoms with Crippen molar-refractivity contribution in [2.75, 3.05) is 30.8 Å². The number of hydrogen-bond acceptors (Lipinski definition) is 7. The van der Waals surface area contributed by atoms with Gasteiger partial charge in [0.15, 0.2) is 0 Å². The molecule has 4 amide bonds. The van der Waals surface area contributed by atoms with E-state index in [0.29, 0.717) is 34.5 Å². The maximum Gasteiger partial charge on any atom is 0.407 e. The van der Waals surface area contributed by atoms with Gasteiger partial charge in [0.05, 0.1) is 35.2 Å². The fraction of sp³-hybridized carbons (Fsp3) is 0.514. The maximum atomic E-state index is 14.6. The molecule has 1 spiro atoms. The second kappa shape index (κ2) is 14.3. The number of rotatable bonds is 10. The number of fused-ring (bicyclic) bond motifs is 1. The molecule has 2 heterocycles. The SMILES string of the molecule is CN1C(=O)C2(CN2C(=O)C2([C@H](CCC(F)(F)F)C(=O)NSCCNC(=O)OC(C)(C)C)CC(C(F)(F)F)C2)N=C(c2ccccc2)c2ccccc21. The number of nitrogens with one attached hydrogen (secondary N) is 2. The number of ether oxygens (including phenoxy) is 1. The number of hydrogen-bond donors (Lipinski definition) is 2. The van der Waals surface area contributed by atoms with Crippen LogP contribution in [0.1, 0.15) is 57.6 Å². The molecular formula is C35H39F6N5O5S. The van der Waals surface area contributed by atoms with Crippen LogP contribution in [0.15, 0.2) is 59.6 Å². The minimum absolute atomic E-state index is 0.0244. The summed E-state index contributed by atoms with van der Waals surface area (Å²) in [6.45, 7) is 4.59. The summed E-state index contributed by atoms with van der Waals surface area (Å²) in [7, 11) is 1.47. The Labute approximate surface area is 300 Å². The van der Waals surface area contributed by atoms with E-state index < -0.39 is 90.4 Å². The molecule has 282 valence electrons. The van der Waals surface area contributed by atoms with Gasteiger partial charge in [-0.15, -0.1) is 0 Å². The van der Waals surface area contributed by atoms with Gasteiger partial charge < -0.3 is 19.9 Å². The normalized spacial score (nSPS) is 23.5. The number of likely N-dealkylation sites (N-methyl/N-ethyl adjacent to an activating group) is 1. The lowest BCUT2D eigenvalue weighted by Gasteiger charge is -2.51. The standard InChI is InChI=1S/C35H39F6N5O5S/c1-31(2,3)51-30(50)42-16-17-52-44-27(47)24(14-15-34(36,37)38)32(18-22(19-32)35(39,40)41)28(48)46-20-33(46)29(49)45(4)25-13-9-8-12-23(25)26(43-33)21-10-6-5-7-11-21/h5-13,22,24H,14-20H2,1-4H3,(H,42,50)(H,44,47)/t22?,24-,32?,33?,46?/m1/s1. The third-order valence-electron chi connectivity index (χ3n) is 9.33. The summed E-state index contributed by atoms with van der Waals surface area (Å²) in [5.41, 5.74) is -2.95. The summed E-state index contributed by atoms with van der Waals surface area (Å²) in [4.78, 5) is 61.3. The predicted molar refractivity (Wildman–Crippen MR) is 181 cm³/mol. The fourth-order valence-corrected chi connectivity index (χ4v) is 7.35. The van der Waals surface area contributed by atoms with Crippen molar-refractivity contribution in [3.8, 4) is 0 Å². The van der Waals surface area contributed by atoms with Gasteiger partial charge in [0, 0.05) is 36.9 Å². The van der Waals surface area contributed by atoms with Crippen LogP contribution in [0.5, 0.6) is 0 Å². The van der Waals surface area contributed by atoms with Crippen molar-refractivity contribution in [3.63, 3.8) is 0 Å². The van der Waals surface area contributed by atoms with Crippen molar-refractivity contribution < 1.29 is 50.3 Å². The molecule has 0 aromatic heterocycles. The summed E-state index contributed by atoms with van der Waals surface area (Å²) in [5, 5.41) is 2.46. The number of aliphatic imine (C=N–C) groups is 1. The molecule has 52 heavy (non-hydrogen) atoms. The molecule has 10 nitrogen and oxygen atoms in total. The average molecular weight is 756 g/mol. The molecule has 2 atom stereocenters. The largest absolute Gasteiger partial charge is 0.444 e. The zero-order valence-electron chi connectivity index (χ0n) is 28.9. The van der Waals surface area contributed by atoms with Crippen molar-refractivity contribution >= 4 is 47.2 Å². The lowest BCUT2D eigenvalue weighted by molar-refractivity contribution is -0.231. The minimum Gasteiger partial charge on any atom is -0.444 e. The molecule has 1 saturated heterocycles. The summed E-state index contributed by atoms with van der Waals surface area (Å²) >= 11 is 0.711. The third kappa shape index (κ3) is 8.18. The molecule has 2 fully saturated rings. The van der Waals surface area contributed by atoms with Gasteiger partial charge >= 0.3 is 18.4 Å². The van der Waals surface area contributed by atoms with Crippen molar-refractivity contribution in [3.05, 3.63) is 65.7 Å². The number of halogens is 6.